The molecular weight excluding hydrogens is 264 g/mol. The zero-order valence-corrected chi connectivity index (χ0v) is 13.9. The molecule has 0 spiro atoms. The van der Waals surface area contributed by atoms with E-state index in [0.717, 1.165) is 24.4 Å². The second-order valence-electron chi connectivity index (χ2n) is 5.55. The average molecular weight is 292 g/mol. The summed E-state index contributed by atoms with van der Waals surface area (Å²) in [6.07, 6.45) is 0. The van der Waals surface area contributed by atoms with Crippen LogP contribution in [0, 0.1) is 0 Å². The van der Waals surface area contributed by atoms with Crippen molar-refractivity contribution >= 4 is 5.78 Å². The van der Waals surface area contributed by atoms with Gasteiger partial charge in [0.1, 0.15) is 5.75 Å². The van der Waals surface area contributed by atoms with E-state index in [2.05, 4.69) is 37.7 Å². The topological polar surface area (TPSA) is 32.8 Å². The van der Waals surface area contributed by atoms with Crippen molar-refractivity contribution in [3.05, 3.63) is 29.8 Å². The highest BCUT2D eigenvalue weighted by atomic mass is 16.5. The fourth-order valence-electron chi connectivity index (χ4n) is 2.40. The first-order chi connectivity index (χ1) is 9.97. The molecule has 0 bridgehead atoms. The minimum absolute atomic E-state index is 0.158. The van der Waals surface area contributed by atoms with E-state index in [-0.39, 0.29) is 5.78 Å². The van der Waals surface area contributed by atoms with Crippen LogP contribution in [0.4, 0.5) is 0 Å². The predicted molar refractivity (Wildman–Crippen MR) is 87.2 cm³/mol. The van der Waals surface area contributed by atoms with E-state index in [0.29, 0.717) is 19.2 Å². The number of hydrogen-bond acceptors (Lipinski definition) is 4. The molecule has 4 nitrogen and oxygen atoms in total. The molecule has 1 atom stereocenters. The van der Waals surface area contributed by atoms with Gasteiger partial charge in [-0.2, -0.15) is 0 Å². The molecule has 0 saturated heterocycles. The van der Waals surface area contributed by atoms with E-state index in [4.69, 9.17) is 4.74 Å². The molecule has 1 aromatic rings. The molecule has 118 valence electrons. The summed E-state index contributed by atoms with van der Waals surface area (Å²) >= 11 is 0. The first-order valence-electron chi connectivity index (χ1n) is 7.62. The molecular formula is C17H28N2O2. The van der Waals surface area contributed by atoms with Gasteiger partial charge in [-0.1, -0.05) is 6.92 Å². The van der Waals surface area contributed by atoms with E-state index >= 15 is 0 Å². The number of likely N-dealkylation sites (N-methyl/N-ethyl adjacent to an activating group) is 2. The molecule has 0 aliphatic carbocycles. The lowest BCUT2D eigenvalue weighted by Gasteiger charge is -2.29. The van der Waals surface area contributed by atoms with Crippen LogP contribution in [0.1, 0.15) is 31.1 Å². The summed E-state index contributed by atoms with van der Waals surface area (Å²) in [6, 6.07) is 7.76. The first kappa shape index (κ1) is 17.7. The van der Waals surface area contributed by atoms with Crippen LogP contribution in [0.5, 0.6) is 5.75 Å². The molecule has 0 aliphatic rings. The van der Waals surface area contributed by atoms with Gasteiger partial charge >= 0.3 is 0 Å². The molecule has 1 aromatic carbocycles. The Labute approximate surface area is 128 Å². The summed E-state index contributed by atoms with van der Waals surface area (Å²) < 4.78 is 5.40. The van der Waals surface area contributed by atoms with Crippen molar-refractivity contribution in [2.45, 2.75) is 26.8 Å². The van der Waals surface area contributed by atoms with Crippen LogP contribution in [0.2, 0.25) is 0 Å². The standard InChI is InChI=1S/C17H28N2O2/c1-6-19(14(3)12-18(4)5)13-17(20)15-8-10-16(11-9-15)21-7-2/h8-11,14H,6-7,12-13H2,1-5H3. The SMILES string of the molecule is CCOc1ccc(C(=O)CN(CC)C(C)CN(C)C)cc1. The first-order valence-corrected chi connectivity index (χ1v) is 7.62. The highest BCUT2D eigenvalue weighted by molar-refractivity contribution is 5.97. The quantitative estimate of drug-likeness (QED) is 0.655. The normalized spacial score (nSPS) is 12.7. The highest BCUT2D eigenvalue weighted by Crippen LogP contribution is 2.13. The van der Waals surface area contributed by atoms with Gasteiger partial charge in [0, 0.05) is 18.2 Å². The number of hydrogen-bond donors (Lipinski definition) is 0. The van der Waals surface area contributed by atoms with Crippen LogP contribution in [0.15, 0.2) is 24.3 Å². The number of carbonyl (C=O) groups excluding carboxylic acids is 1. The molecule has 0 aromatic heterocycles. The van der Waals surface area contributed by atoms with Crippen LogP contribution in [-0.4, -0.2) is 62.0 Å². The summed E-state index contributed by atoms with van der Waals surface area (Å²) in [4.78, 5) is 16.7. The van der Waals surface area contributed by atoms with Crippen LogP contribution in [0.25, 0.3) is 0 Å². The zero-order valence-electron chi connectivity index (χ0n) is 13.9. The fraction of sp³-hybridized carbons (Fsp3) is 0.588. The number of rotatable bonds is 9. The Bertz CT molecular complexity index is 429. The third-order valence-corrected chi connectivity index (χ3v) is 3.49. The maximum atomic E-state index is 12.4. The van der Waals surface area contributed by atoms with Crippen molar-refractivity contribution in [2.75, 3.05) is 40.3 Å². The summed E-state index contributed by atoms with van der Waals surface area (Å²) in [7, 11) is 4.11. The van der Waals surface area contributed by atoms with Gasteiger partial charge in [-0.15, -0.1) is 0 Å². The van der Waals surface area contributed by atoms with Gasteiger partial charge in [0.2, 0.25) is 0 Å². The lowest BCUT2D eigenvalue weighted by molar-refractivity contribution is 0.0888. The van der Waals surface area contributed by atoms with Crippen molar-refractivity contribution in [1.82, 2.24) is 9.80 Å². The van der Waals surface area contributed by atoms with Crippen LogP contribution in [0.3, 0.4) is 0 Å². The molecule has 0 radical (unpaired) electrons. The molecule has 0 aliphatic heterocycles. The van der Waals surface area contributed by atoms with Gasteiger partial charge in [0.25, 0.3) is 0 Å². The van der Waals surface area contributed by atoms with Crippen molar-refractivity contribution in [1.29, 1.82) is 0 Å². The predicted octanol–water partition coefficient (Wildman–Crippen LogP) is 2.54. The van der Waals surface area contributed by atoms with Gasteiger partial charge in [-0.25, -0.2) is 0 Å². The Morgan fingerprint density at radius 1 is 1.19 bits per heavy atom. The maximum absolute atomic E-state index is 12.4. The van der Waals surface area contributed by atoms with Gasteiger partial charge in [0.05, 0.1) is 13.2 Å². The van der Waals surface area contributed by atoms with Gasteiger partial charge in [-0.3, -0.25) is 9.69 Å². The molecule has 0 saturated carbocycles. The van der Waals surface area contributed by atoms with E-state index in [1.54, 1.807) is 0 Å². The van der Waals surface area contributed by atoms with Crippen LogP contribution < -0.4 is 4.74 Å². The third kappa shape index (κ3) is 5.86. The second kappa shape index (κ2) is 8.80. The number of Topliss-reactive ketones (excluding diaryl/α,β-unsaturated/α-hetero) is 1. The molecule has 1 rings (SSSR count). The van der Waals surface area contributed by atoms with Crippen LogP contribution >= 0.6 is 0 Å². The van der Waals surface area contributed by atoms with Gasteiger partial charge in [0.15, 0.2) is 5.78 Å². The Balaban J connectivity index is 2.65. The van der Waals surface area contributed by atoms with Gasteiger partial charge < -0.3 is 9.64 Å². The van der Waals surface area contributed by atoms with E-state index in [1.807, 2.05) is 31.2 Å². The number of carbonyl (C=O) groups is 1. The highest BCUT2D eigenvalue weighted by Gasteiger charge is 2.17. The Kier molecular flexibility index (Phi) is 7.40. The monoisotopic (exact) mass is 292 g/mol. The smallest absolute Gasteiger partial charge is 0.176 e. The molecule has 1 unspecified atom stereocenters. The number of ketones is 1. The Morgan fingerprint density at radius 2 is 1.81 bits per heavy atom. The lowest BCUT2D eigenvalue weighted by atomic mass is 10.1. The minimum Gasteiger partial charge on any atom is -0.494 e. The van der Waals surface area contributed by atoms with Crippen molar-refractivity contribution in [3.63, 3.8) is 0 Å². The second-order valence-corrected chi connectivity index (χ2v) is 5.55. The number of ether oxygens (including phenoxy) is 1. The summed E-state index contributed by atoms with van der Waals surface area (Å²) in [5.41, 5.74) is 0.744. The molecule has 0 fully saturated rings. The van der Waals surface area contributed by atoms with Crippen molar-refractivity contribution < 1.29 is 9.53 Å². The summed E-state index contributed by atoms with van der Waals surface area (Å²) in [6.45, 7) is 9.12. The van der Waals surface area contributed by atoms with Crippen molar-refractivity contribution in [2.24, 2.45) is 0 Å². The van der Waals surface area contributed by atoms with Crippen molar-refractivity contribution in [3.8, 4) is 5.75 Å². The largest absolute Gasteiger partial charge is 0.494 e. The molecule has 21 heavy (non-hydrogen) atoms. The fourth-order valence-corrected chi connectivity index (χ4v) is 2.40. The number of benzene rings is 1. The zero-order chi connectivity index (χ0) is 15.8. The van der Waals surface area contributed by atoms with Gasteiger partial charge in [-0.05, 0) is 58.8 Å². The Morgan fingerprint density at radius 3 is 2.29 bits per heavy atom. The van der Waals surface area contributed by atoms with Crippen LogP contribution in [-0.2, 0) is 0 Å². The van der Waals surface area contributed by atoms with E-state index in [1.165, 1.54) is 0 Å². The lowest BCUT2D eigenvalue weighted by Crippen LogP contribution is -2.42. The van der Waals surface area contributed by atoms with E-state index in [9.17, 15) is 4.79 Å². The average Bonchev–Trinajstić information content (AvgIpc) is 2.44. The maximum Gasteiger partial charge on any atom is 0.176 e. The summed E-state index contributed by atoms with van der Waals surface area (Å²) in [5, 5.41) is 0. The molecule has 4 heteroatoms. The minimum atomic E-state index is 0.158. The molecule has 0 heterocycles. The molecule has 0 amide bonds. The summed E-state index contributed by atoms with van der Waals surface area (Å²) in [5.74, 6) is 0.966. The Hall–Kier alpha value is -1.39. The number of nitrogens with zero attached hydrogens (tertiary/aromatic N) is 2. The third-order valence-electron chi connectivity index (χ3n) is 3.49. The molecule has 0 N–H and O–H groups in total. The van der Waals surface area contributed by atoms with E-state index < -0.39 is 0 Å².